The van der Waals surface area contributed by atoms with Crippen LogP contribution in [0.1, 0.15) is 15.9 Å². The maximum atomic E-state index is 12.4. The first-order valence-electron chi connectivity index (χ1n) is 7.31. The summed E-state index contributed by atoms with van der Waals surface area (Å²) in [6.07, 6.45) is 1.43. The Balaban J connectivity index is 1.78. The zero-order chi connectivity index (χ0) is 17.8. The average Bonchev–Trinajstić information content (AvgIpc) is 2.62. The summed E-state index contributed by atoms with van der Waals surface area (Å²) < 4.78 is 0.518. The van der Waals surface area contributed by atoms with Gasteiger partial charge in [0.05, 0.1) is 11.1 Å². The minimum atomic E-state index is -0.478. The molecule has 0 spiro atoms. The van der Waals surface area contributed by atoms with E-state index in [9.17, 15) is 14.9 Å². The van der Waals surface area contributed by atoms with Crippen LogP contribution in [0.3, 0.4) is 0 Å². The molecule has 0 aromatic heterocycles. The SMILES string of the molecule is O=C(N/N=C\c1ccc([N+](=O)[O-])cc1Br)c1cccc2ccccc12. The number of nitro benzene ring substituents is 1. The summed E-state index contributed by atoms with van der Waals surface area (Å²) in [7, 11) is 0. The van der Waals surface area contributed by atoms with Crippen molar-refractivity contribution in [2.24, 2.45) is 5.10 Å². The second kappa shape index (κ2) is 7.23. The molecule has 0 fully saturated rings. The van der Waals surface area contributed by atoms with E-state index in [1.807, 2.05) is 36.4 Å². The first kappa shape index (κ1) is 16.8. The van der Waals surface area contributed by atoms with Crippen LogP contribution in [0.15, 0.2) is 70.2 Å². The van der Waals surface area contributed by atoms with E-state index in [1.165, 1.54) is 18.3 Å². The van der Waals surface area contributed by atoms with Crippen molar-refractivity contribution in [1.82, 2.24) is 5.43 Å². The molecule has 3 rings (SSSR count). The van der Waals surface area contributed by atoms with Crippen LogP contribution in [0.25, 0.3) is 10.8 Å². The summed E-state index contributed by atoms with van der Waals surface area (Å²) in [5.41, 5.74) is 3.60. The summed E-state index contributed by atoms with van der Waals surface area (Å²) in [4.78, 5) is 22.6. The lowest BCUT2D eigenvalue weighted by Gasteiger charge is -2.05. The standard InChI is InChI=1S/C18H12BrN3O3/c19-17-10-14(22(24)25)9-8-13(17)11-20-21-18(23)16-7-3-5-12-4-1-2-6-15(12)16/h1-11H,(H,21,23)/b20-11-. The van der Waals surface area contributed by atoms with E-state index in [0.29, 0.717) is 15.6 Å². The van der Waals surface area contributed by atoms with Crippen LogP contribution < -0.4 is 5.43 Å². The number of amides is 1. The topological polar surface area (TPSA) is 84.6 Å². The minimum Gasteiger partial charge on any atom is -0.267 e. The molecule has 0 aliphatic carbocycles. The Morgan fingerprint density at radius 2 is 1.88 bits per heavy atom. The van der Waals surface area contributed by atoms with Crippen molar-refractivity contribution >= 4 is 44.5 Å². The Hall–Kier alpha value is -3.06. The van der Waals surface area contributed by atoms with Crippen LogP contribution in [0.2, 0.25) is 0 Å². The van der Waals surface area contributed by atoms with Gasteiger partial charge in [0.25, 0.3) is 11.6 Å². The van der Waals surface area contributed by atoms with Crippen LogP contribution in [-0.2, 0) is 0 Å². The van der Waals surface area contributed by atoms with Gasteiger partial charge in [-0.25, -0.2) is 5.43 Å². The number of halogens is 1. The van der Waals surface area contributed by atoms with Gasteiger partial charge in [0.1, 0.15) is 0 Å². The molecule has 6 nitrogen and oxygen atoms in total. The molecule has 3 aromatic carbocycles. The van der Waals surface area contributed by atoms with Crippen molar-refractivity contribution in [2.45, 2.75) is 0 Å². The molecule has 0 bridgehead atoms. The molecule has 124 valence electrons. The predicted molar refractivity (Wildman–Crippen MR) is 99.8 cm³/mol. The van der Waals surface area contributed by atoms with Gasteiger partial charge >= 0.3 is 0 Å². The molecule has 0 heterocycles. The van der Waals surface area contributed by atoms with Crippen molar-refractivity contribution in [3.63, 3.8) is 0 Å². The van der Waals surface area contributed by atoms with Gasteiger partial charge in [0.2, 0.25) is 0 Å². The van der Waals surface area contributed by atoms with E-state index in [0.717, 1.165) is 10.8 Å². The third-order valence-corrected chi connectivity index (χ3v) is 4.29. The highest BCUT2D eigenvalue weighted by Gasteiger charge is 2.10. The van der Waals surface area contributed by atoms with Gasteiger partial charge in [-0.2, -0.15) is 5.10 Å². The highest BCUT2D eigenvalue weighted by atomic mass is 79.9. The number of nitrogens with one attached hydrogen (secondary N) is 1. The minimum absolute atomic E-state index is 0.0242. The molecule has 3 aromatic rings. The van der Waals surface area contributed by atoms with Gasteiger partial charge in [-0.15, -0.1) is 0 Å². The van der Waals surface area contributed by atoms with E-state index in [-0.39, 0.29) is 11.6 Å². The van der Waals surface area contributed by atoms with E-state index >= 15 is 0 Å². The van der Waals surface area contributed by atoms with Crippen molar-refractivity contribution in [3.8, 4) is 0 Å². The molecule has 25 heavy (non-hydrogen) atoms. The van der Waals surface area contributed by atoms with Gasteiger partial charge in [-0.3, -0.25) is 14.9 Å². The van der Waals surface area contributed by atoms with E-state index in [1.54, 1.807) is 12.1 Å². The monoisotopic (exact) mass is 397 g/mol. The number of hydrogen-bond donors (Lipinski definition) is 1. The molecule has 0 atom stereocenters. The number of nitrogens with zero attached hydrogens (tertiary/aromatic N) is 2. The number of hydrazone groups is 1. The third-order valence-electron chi connectivity index (χ3n) is 3.60. The summed E-state index contributed by atoms with van der Waals surface area (Å²) in [6, 6.07) is 17.4. The summed E-state index contributed by atoms with van der Waals surface area (Å²) >= 11 is 3.25. The van der Waals surface area contributed by atoms with Crippen LogP contribution >= 0.6 is 15.9 Å². The van der Waals surface area contributed by atoms with E-state index < -0.39 is 4.92 Å². The third kappa shape index (κ3) is 3.72. The van der Waals surface area contributed by atoms with Gasteiger partial charge in [-0.1, -0.05) is 36.4 Å². The lowest BCUT2D eigenvalue weighted by Crippen LogP contribution is -2.17. The maximum absolute atomic E-state index is 12.4. The molecular weight excluding hydrogens is 386 g/mol. The molecule has 1 amide bonds. The second-order valence-corrected chi connectivity index (χ2v) is 6.04. The highest BCUT2D eigenvalue weighted by Crippen LogP contribution is 2.22. The van der Waals surface area contributed by atoms with E-state index in [2.05, 4.69) is 26.5 Å². The molecule has 7 heteroatoms. The Bertz CT molecular complexity index is 997. The van der Waals surface area contributed by atoms with Gasteiger partial charge in [-0.05, 0) is 38.8 Å². The Morgan fingerprint density at radius 3 is 2.64 bits per heavy atom. The lowest BCUT2D eigenvalue weighted by molar-refractivity contribution is -0.384. The van der Waals surface area contributed by atoms with Crippen molar-refractivity contribution in [1.29, 1.82) is 0 Å². The Kier molecular flexibility index (Phi) is 4.85. The van der Waals surface area contributed by atoms with Gasteiger partial charge in [0, 0.05) is 27.7 Å². The average molecular weight is 398 g/mol. The van der Waals surface area contributed by atoms with Crippen LogP contribution in [0, 0.1) is 10.1 Å². The normalized spacial score (nSPS) is 10.9. The first-order chi connectivity index (χ1) is 12.1. The maximum Gasteiger partial charge on any atom is 0.271 e. The second-order valence-electron chi connectivity index (χ2n) is 5.19. The number of non-ortho nitro benzene ring substituents is 1. The summed E-state index contributed by atoms with van der Waals surface area (Å²) in [6.45, 7) is 0. The number of nitro groups is 1. The molecule has 0 saturated heterocycles. The summed E-state index contributed by atoms with van der Waals surface area (Å²) in [5, 5.41) is 16.5. The number of fused-ring (bicyclic) bond motifs is 1. The molecule has 0 unspecified atom stereocenters. The Labute approximate surface area is 151 Å². The fraction of sp³-hybridized carbons (Fsp3) is 0. The zero-order valence-corrected chi connectivity index (χ0v) is 14.4. The first-order valence-corrected chi connectivity index (χ1v) is 8.10. The van der Waals surface area contributed by atoms with Gasteiger partial charge in [0.15, 0.2) is 0 Å². The number of carbonyl (C=O) groups excluding carboxylic acids is 1. The lowest BCUT2D eigenvalue weighted by atomic mass is 10.0. The number of benzene rings is 3. The van der Waals surface area contributed by atoms with Crippen molar-refractivity contribution in [2.75, 3.05) is 0 Å². The molecule has 0 aliphatic rings. The van der Waals surface area contributed by atoms with Crippen molar-refractivity contribution in [3.05, 3.63) is 86.4 Å². The smallest absolute Gasteiger partial charge is 0.267 e. The van der Waals surface area contributed by atoms with Gasteiger partial charge < -0.3 is 0 Å². The largest absolute Gasteiger partial charge is 0.271 e. The molecule has 1 N–H and O–H groups in total. The molecule has 0 radical (unpaired) electrons. The molecular formula is C18H12BrN3O3. The number of carbonyl (C=O) groups is 1. The molecule has 0 saturated carbocycles. The van der Waals surface area contributed by atoms with Crippen LogP contribution in [0.4, 0.5) is 5.69 Å². The quantitative estimate of drug-likeness (QED) is 0.405. The van der Waals surface area contributed by atoms with Crippen LogP contribution in [-0.4, -0.2) is 17.0 Å². The predicted octanol–water partition coefficient (Wildman–Crippen LogP) is 4.27. The van der Waals surface area contributed by atoms with Crippen LogP contribution in [0.5, 0.6) is 0 Å². The fourth-order valence-corrected chi connectivity index (χ4v) is 2.85. The summed E-state index contributed by atoms with van der Waals surface area (Å²) in [5.74, 6) is -0.328. The van der Waals surface area contributed by atoms with Crippen molar-refractivity contribution < 1.29 is 9.72 Å². The fourth-order valence-electron chi connectivity index (χ4n) is 2.38. The zero-order valence-electron chi connectivity index (χ0n) is 12.8. The highest BCUT2D eigenvalue weighted by molar-refractivity contribution is 9.10. The van der Waals surface area contributed by atoms with E-state index in [4.69, 9.17) is 0 Å². The Morgan fingerprint density at radius 1 is 1.12 bits per heavy atom. The number of hydrogen-bond acceptors (Lipinski definition) is 4. The molecule has 0 aliphatic heterocycles. The number of rotatable bonds is 4.